The Balaban J connectivity index is 1.32. The number of benzene rings is 3. The van der Waals surface area contributed by atoms with Crippen molar-refractivity contribution in [1.29, 1.82) is 0 Å². The van der Waals surface area contributed by atoms with Crippen LogP contribution in [0.4, 0.5) is 5.69 Å². The van der Waals surface area contributed by atoms with Crippen molar-refractivity contribution in [3.63, 3.8) is 0 Å². The smallest absolute Gasteiger partial charge is 0.307 e. The van der Waals surface area contributed by atoms with E-state index in [1.165, 1.54) is 0 Å². The number of carbonyl (C=O) groups is 2. The molecule has 0 spiro atoms. The van der Waals surface area contributed by atoms with E-state index in [9.17, 15) is 9.59 Å². The molecule has 0 aliphatic heterocycles. The van der Waals surface area contributed by atoms with Crippen LogP contribution in [0.3, 0.4) is 0 Å². The third kappa shape index (κ3) is 5.23. The molecule has 0 unspecified atom stereocenters. The first-order valence-corrected chi connectivity index (χ1v) is 12.7. The van der Waals surface area contributed by atoms with Gasteiger partial charge in [0.2, 0.25) is 5.91 Å². The maximum Gasteiger partial charge on any atom is 0.307 e. The average molecular weight is 629 g/mol. The van der Waals surface area contributed by atoms with Crippen molar-refractivity contribution in [2.75, 3.05) is 5.32 Å². The minimum atomic E-state index is -0.475. The maximum atomic E-state index is 12.6. The summed E-state index contributed by atoms with van der Waals surface area (Å²) in [6, 6.07) is 19.9. The minimum absolute atomic E-state index is 0.104. The van der Waals surface area contributed by atoms with Crippen LogP contribution < -0.4 is 10.7 Å². The lowest BCUT2D eigenvalue weighted by Gasteiger charge is -2.07. The number of aromatic nitrogens is 1. The first kappa shape index (κ1) is 24.3. The van der Waals surface area contributed by atoms with Gasteiger partial charge in [-0.1, -0.05) is 45.7 Å². The molecule has 7 nitrogen and oxygen atoms in total. The van der Waals surface area contributed by atoms with Gasteiger partial charge in [-0.3, -0.25) is 9.59 Å². The molecular weight excluding hydrogens is 612 g/mol. The van der Waals surface area contributed by atoms with Gasteiger partial charge in [-0.15, -0.1) is 0 Å². The summed E-state index contributed by atoms with van der Waals surface area (Å²) in [6.07, 6.45) is 3.36. The summed E-state index contributed by atoms with van der Waals surface area (Å²) in [4.78, 5) is 25.2. The normalized spacial score (nSPS) is 11.4. The van der Waals surface area contributed by atoms with Crippen LogP contribution in [0, 0.1) is 0 Å². The standard InChI is InChI=1S/C26H17Br2ClN4O3/c27-17-9-15-10-23(36-25(15)21(28)11-17)26(35)32-30-12-16-13-33(22-4-2-1-3-20(16)22)14-24(34)31-19-7-5-18(29)6-8-19/h1-13H,14H2,(H,31,34)(H,32,35)/b30-12-. The van der Waals surface area contributed by atoms with E-state index in [-0.39, 0.29) is 18.2 Å². The molecule has 2 heterocycles. The number of rotatable bonds is 6. The minimum Gasteiger partial charge on any atom is -0.450 e. The fourth-order valence-corrected chi connectivity index (χ4v) is 5.27. The number of furan rings is 1. The van der Waals surface area contributed by atoms with Gasteiger partial charge in [0.25, 0.3) is 0 Å². The predicted molar refractivity (Wildman–Crippen MR) is 149 cm³/mol. The van der Waals surface area contributed by atoms with Crippen LogP contribution in [-0.4, -0.2) is 22.6 Å². The number of hydrazone groups is 1. The summed E-state index contributed by atoms with van der Waals surface area (Å²) >= 11 is 12.8. The Kier molecular flexibility index (Phi) is 6.95. The van der Waals surface area contributed by atoms with Gasteiger partial charge >= 0.3 is 5.91 Å². The fourth-order valence-electron chi connectivity index (χ4n) is 3.80. The molecule has 0 atom stereocenters. The van der Waals surface area contributed by atoms with E-state index in [1.54, 1.807) is 36.5 Å². The maximum absolute atomic E-state index is 12.6. The van der Waals surface area contributed by atoms with Gasteiger partial charge in [0, 0.05) is 43.2 Å². The zero-order valence-electron chi connectivity index (χ0n) is 18.5. The number of amides is 2. The van der Waals surface area contributed by atoms with E-state index >= 15 is 0 Å². The largest absolute Gasteiger partial charge is 0.450 e. The lowest BCUT2D eigenvalue weighted by atomic mass is 10.2. The van der Waals surface area contributed by atoms with Crippen LogP contribution in [-0.2, 0) is 11.3 Å². The second kappa shape index (κ2) is 10.3. The molecule has 2 amide bonds. The molecule has 180 valence electrons. The summed E-state index contributed by atoms with van der Waals surface area (Å²) in [5, 5.41) is 9.25. The first-order chi connectivity index (χ1) is 17.4. The molecule has 0 saturated carbocycles. The zero-order valence-corrected chi connectivity index (χ0v) is 22.4. The van der Waals surface area contributed by atoms with Crippen molar-refractivity contribution in [3.8, 4) is 0 Å². The van der Waals surface area contributed by atoms with E-state index in [0.717, 1.165) is 30.8 Å². The Morgan fingerprint density at radius 1 is 1.06 bits per heavy atom. The van der Waals surface area contributed by atoms with Crippen LogP contribution in [0.25, 0.3) is 21.9 Å². The second-order valence-corrected chi connectivity index (χ2v) is 10.1. The van der Waals surface area contributed by atoms with Gasteiger partial charge in [0.15, 0.2) is 5.76 Å². The van der Waals surface area contributed by atoms with Crippen molar-refractivity contribution < 1.29 is 14.0 Å². The number of anilines is 1. The quantitative estimate of drug-likeness (QED) is 0.157. The molecule has 0 bridgehead atoms. The second-order valence-electron chi connectivity index (χ2n) is 7.90. The lowest BCUT2D eigenvalue weighted by molar-refractivity contribution is -0.116. The molecule has 2 N–H and O–H groups in total. The Morgan fingerprint density at radius 2 is 1.83 bits per heavy atom. The number of hydrogen-bond donors (Lipinski definition) is 2. The van der Waals surface area contributed by atoms with E-state index in [4.69, 9.17) is 16.0 Å². The van der Waals surface area contributed by atoms with Crippen molar-refractivity contribution >= 4 is 89.0 Å². The summed E-state index contributed by atoms with van der Waals surface area (Å²) in [7, 11) is 0. The van der Waals surface area contributed by atoms with Crippen LogP contribution in [0.5, 0.6) is 0 Å². The highest BCUT2D eigenvalue weighted by atomic mass is 79.9. The Bertz CT molecular complexity index is 1640. The summed E-state index contributed by atoms with van der Waals surface area (Å²) in [5.74, 6) is -0.517. The van der Waals surface area contributed by atoms with E-state index < -0.39 is 5.91 Å². The van der Waals surface area contributed by atoms with Crippen molar-refractivity contribution in [2.45, 2.75) is 6.54 Å². The number of para-hydroxylation sites is 1. The topological polar surface area (TPSA) is 88.6 Å². The van der Waals surface area contributed by atoms with Crippen molar-refractivity contribution in [2.24, 2.45) is 5.10 Å². The van der Waals surface area contributed by atoms with Crippen molar-refractivity contribution in [1.82, 2.24) is 9.99 Å². The van der Waals surface area contributed by atoms with E-state index in [0.29, 0.717) is 16.3 Å². The molecule has 5 rings (SSSR count). The number of fused-ring (bicyclic) bond motifs is 2. The van der Waals surface area contributed by atoms with E-state index in [2.05, 4.69) is 47.7 Å². The molecule has 0 radical (unpaired) electrons. The Morgan fingerprint density at radius 3 is 2.64 bits per heavy atom. The lowest BCUT2D eigenvalue weighted by Crippen LogP contribution is -2.18. The molecule has 3 aromatic carbocycles. The van der Waals surface area contributed by atoms with Crippen LogP contribution >= 0.6 is 43.5 Å². The number of nitrogens with one attached hydrogen (secondary N) is 2. The van der Waals surface area contributed by atoms with Crippen LogP contribution in [0.2, 0.25) is 5.02 Å². The number of hydrogen-bond acceptors (Lipinski definition) is 4. The van der Waals surface area contributed by atoms with Gasteiger partial charge in [0.05, 0.1) is 10.7 Å². The van der Waals surface area contributed by atoms with Gasteiger partial charge in [-0.25, -0.2) is 5.43 Å². The number of carbonyl (C=O) groups excluding carboxylic acids is 2. The van der Waals surface area contributed by atoms with Gasteiger partial charge in [-0.05, 0) is 64.5 Å². The molecule has 2 aromatic heterocycles. The predicted octanol–water partition coefficient (Wildman–Crippen LogP) is 6.97. The molecule has 36 heavy (non-hydrogen) atoms. The van der Waals surface area contributed by atoms with E-state index in [1.807, 2.05) is 47.2 Å². The molecule has 0 aliphatic rings. The number of halogens is 3. The van der Waals surface area contributed by atoms with Gasteiger partial charge in [0.1, 0.15) is 12.1 Å². The third-order valence-corrected chi connectivity index (χ3v) is 6.69. The fraction of sp³-hybridized carbons (Fsp3) is 0.0385. The Hall–Kier alpha value is -3.40. The van der Waals surface area contributed by atoms with Crippen molar-refractivity contribution in [3.05, 3.63) is 98.2 Å². The molecule has 0 aliphatic carbocycles. The highest BCUT2D eigenvalue weighted by Gasteiger charge is 2.15. The first-order valence-electron chi connectivity index (χ1n) is 10.7. The Labute approximate surface area is 227 Å². The van der Waals surface area contributed by atoms with Crippen LogP contribution in [0.15, 0.2) is 91.4 Å². The highest BCUT2D eigenvalue weighted by Crippen LogP contribution is 2.31. The summed E-state index contributed by atoms with van der Waals surface area (Å²) < 4.78 is 9.12. The molecule has 0 fully saturated rings. The summed E-state index contributed by atoms with van der Waals surface area (Å²) in [6.45, 7) is 0.104. The molecule has 5 aromatic rings. The van der Waals surface area contributed by atoms with Crippen LogP contribution in [0.1, 0.15) is 16.1 Å². The molecular formula is C26H17Br2ClN4O3. The SMILES string of the molecule is O=C(Cn1cc(/C=N\NC(=O)c2cc3cc(Br)cc(Br)c3o2)c2ccccc21)Nc1ccc(Cl)cc1. The average Bonchev–Trinajstić information content (AvgIpc) is 3.43. The highest BCUT2D eigenvalue weighted by molar-refractivity contribution is 9.11. The molecule has 0 saturated heterocycles. The monoisotopic (exact) mass is 626 g/mol. The zero-order chi connectivity index (χ0) is 25.2. The van der Waals surface area contributed by atoms with Gasteiger partial charge < -0.3 is 14.3 Å². The van der Waals surface area contributed by atoms with Gasteiger partial charge in [-0.2, -0.15) is 5.10 Å². The third-order valence-electron chi connectivity index (χ3n) is 5.39. The summed E-state index contributed by atoms with van der Waals surface area (Å²) in [5.41, 5.74) is 5.36. The molecule has 10 heteroatoms. The number of nitrogens with zero attached hydrogens (tertiary/aromatic N) is 2.